The second-order valence-corrected chi connectivity index (χ2v) is 12.3. The number of nitrogens with one attached hydrogen (secondary N) is 1. The van der Waals surface area contributed by atoms with Gasteiger partial charge in [-0.1, -0.05) is 45.2 Å². The normalized spacial score (nSPS) is 27.0. The first-order valence-electron chi connectivity index (χ1n) is 9.49. The molecule has 0 aromatic heterocycles. The summed E-state index contributed by atoms with van der Waals surface area (Å²) in [5.74, 6) is -0.0531. The monoisotopic (exact) mass is 399 g/mol. The van der Waals surface area contributed by atoms with E-state index in [1.807, 2.05) is 12.1 Å². The number of benzene rings is 1. The molecule has 0 unspecified atom stereocenters. The van der Waals surface area contributed by atoms with Gasteiger partial charge in [0.25, 0.3) is 0 Å². The number of sulfone groups is 2. The molecule has 1 aromatic rings. The number of hydrogen-bond donors (Lipinski definition) is 1. The fourth-order valence-corrected chi connectivity index (χ4v) is 8.74. The highest BCUT2D eigenvalue weighted by Crippen LogP contribution is 2.29. The molecule has 0 spiro atoms. The summed E-state index contributed by atoms with van der Waals surface area (Å²) in [7, 11) is -7.04. The van der Waals surface area contributed by atoms with Gasteiger partial charge in [-0.2, -0.15) is 0 Å². The van der Waals surface area contributed by atoms with Gasteiger partial charge in [0, 0.05) is 12.1 Å². The van der Waals surface area contributed by atoms with Crippen molar-refractivity contribution in [2.45, 2.75) is 74.1 Å². The van der Waals surface area contributed by atoms with Crippen LogP contribution in [0.4, 0.5) is 0 Å². The van der Waals surface area contributed by atoms with E-state index in [4.69, 9.17) is 0 Å². The van der Waals surface area contributed by atoms with Crippen molar-refractivity contribution in [1.29, 1.82) is 0 Å². The van der Waals surface area contributed by atoms with E-state index in [1.165, 1.54) is 6.42 Å². The first-order chi connectivity index (χ1) is 12.2. The topological polar surface area (TPSA) is 80.3 Å². The summed E-state index contributed by atoms with van der Waals surface area (Å²) in [5, 5.41) is 2.47. The lowest BCUT2D eigenvalue weighted by molar-refractivity contribution is 0.345. The van der Waals surface area contributed by atoms with Crippen molar-refractivity contribution in [2.24, 2.45) is 0 Å². The fraction of sp³-hybridized carbons (Fsp3) is 0.684. The Labute approximate surface area is 157 Å². The molecule has 1 saturated heterocycles. The van der Waals surface area contributed by atoms with Crippen LogP contribution in [0.25, 0.3) is 0 Å². The van der Waals surface area contributed by atoms with Gasteiger partial charge in [0.2, 0.25) is 0 Å². The van der Waals surface area contributed by atoms with Gasteiger partial charge in [0.05, 0.1) is 21.7 Å². The van der Waals surface area contributed by atoms with E-state index in [0.717, 1.165) is 31.2 Å². The van der Waals surface area contributed by atoms with Crippen LogP contribution in [0.5, 0.6) is 0 Å². The third kappa shape index (κ3) is 4.31. The van der Waals surface area contributed by atoms with Crippen molar-refractivity contribution >= 4 is 19.7 Å². The largest absolute Gasteiger partial charge is 0.309 e. The number of hydrogen-bond acceptors (Lipinski definition) is 5. The van der Waals surface area contributed by atoms with Gasteiger partial charge in [-0.25, -0.2) is 16.8 Å². The molecule has 2 fully saturated rings. The summed E-state index contributed by atoms with van der Waals surface area (Å²) in [6.07, 6.45) is 5.42. The highest BCUT2D eigenvalue weighted by Gasteiger charge is 2.46. The van der Waals surface area contributed by atoms with Crippen molar-refractivity contribution in [3.05, 3.63) is 29.8 Å². The molecule has 26 heavy (non-hydrogen) atoms. The van der Waals surface area contributed by atoms with Gasteiger partial charge >= 0.3 is 0 Å². The number of rotatable bonds is 5. The Bertz CT molecular complexity index is 823. The van der Waals surface area contributed by atoms with Gasteiger partial charge < -0.3 is 5.32 Å². The first kappa shape index (κ1) is 19.8. The van der Waals surface area contributed by atoms with Crippen LogP contribution in [0.2, 0.25) is 0 Å². The third-order valence-corrected chi connectivity index (χ3v) is 9.80. The summed E-state index contributed by atoms with van der Waals surface area (Å²) >= 11 is 0. The van der Waals surface area contributed by atoms with Crippen LogP contribution in [-0.4, -0.2) is 45.7 Å². The van der Waals surface area contributed by atoms with Crippen molar-refractivity contribution < 1.29 is 16.8 Å². The molecule has 146 valence electrons. The summed E-state index contributed by atoms with van der Waals surface area (Å²) in [4.78, 5) is 0.222. The van der Waals surface area contributed by atoms with Crippen molar-refractivity contribution in [3.8, 4) is 0 Å². The Morgan fingerprint density at radius 3 is 2.19 bits per heavy atom. The Morgan fingerprint density at radius 1 is 1.00 bits per heavy atom. The maximum absolute atomic E-state index is 13.2. The maximum Gasteiger partial charge on any atom is 0.183 e. The van der Waals surface area contributed by atoms with Crippen LogP contribution in [-0.2, 0) is 19.7 Å². The van der Waals surface area contributed by atoms with Crippen LogP contribution >= 0.6 is 0 Å². The minimum Gasteiger partial charge on any atom is -0.309 e. The zero-order chi connectivity index (χ0) is 18.9. The summed E-state index contributed by atoms with van der Waals surface area (Å²) < 4.78 is 50.7. The second-order valence-electron chi connectivity index (χ2n) is 7.99. The molecule has 5 nitrogen and oxygen atoms in total. The molecule has 1 N–H and O–H groups in total. The minimum atomic E-state index is -3.69. The Balaban J connectivity index is 1.85. The maximum atomic E-state index is 13.2. The van der Waals surface area contributed by atoms with E-state index in [2.05, 4.69) is 19.2 Å². The molecular formula is C19H29NO4S2. The molecule has 2 aliphatic rings. The highest BCUT2D eigenvalue weighted by atomic mass is 32.2. The van der Waals surface area contributed by atoms with Gasteiger partial charge in [-0.05, 0) is 36.5 Å². The molecule has 1 saturated carbocycles. The highest BCUT2D eigenvalue weighted by molar-refractivity contribution is 7.96. The van der Waals surface area contributed by atoms with E-state index in [-0.39, 0.29) is 22.4 Å². The minimum absolute atomic E-state index is 0.0858. The Morgan fingerprint density at radius 2 is 1.62 bits per heavy atom. The van der Waals surface area contributed by atoms with E-state index in [1.54, 1.807) is 12.1 Å². The van der Waals surface area contributed by atoms with Crippen molar-refractivity contribution in [2.75, 3.05) is 11.5 Å². The average Bonchev–Trinajstić information content (AvgIpc) is 2.91. The fourth-order valence-electron chi connectivity index (χ4n) is 4.07. The quantitative estimate of drug-likeness (QED) is 0.823. The zero-order valence-electron chi connectivity index (χ0n) is 15.5. The molecule has 1 aromatic carbocycles. The molecule has 1 aliphatic heterocycles. The van der Waals surface area contributed by atoms with E-state index in [9.17, 15) is 16.8 Å². The average molecular weight is 400 g/mol. The van der Waals surface area contributed by atoms with Crippen molar-refractivity contribution in [1.82, 2.24) is 5.32 Å². The SMILES string of the molecule is CC(C)c1ccc(S(=O)(=O)[C@H]2CS(=O)(=O)C[C@@H]2NC2CCCCC2)cc1. The van der Waals surface area contributed by atoms with Crippen LogP contribution in [0, 0.1) is 0 Å². The van der Waals surface area contributed by atoms with Crippen LogP contribution < -0.4 is 5.32 Å². The lowest BCUT2D eigenvalue weighted by Gasteiger charge is -2.28. The molecule has 0 radical (unpaired) electrons. The Hall–Kier alpha value is -0.920. The molecule has 0 bridgehead atoms. The van der Waals surface area contributed by atoms with Crippen LogP contribution in [0.15, 0.2) is 29.2 Å². The molecule has 7 heteroatoms. The van der Waals surface area contributed by atoms with Gasteiger partial charge in [-0.15, -0.1) is 0 Å². The summed E-state index contributed by atoms with van der Waals surface area (Å²) in [6.45, 7) is 4.11. The lowest BCUT2D eigenvalue weighted by atomic mass is 9.95. The Kier molecular flexibility index (Phi) is 5.80. The molecular weight excluding hydrogens is 370 g/mol. The third-order valence-electron chi connectivity index (χ3n) is 5.63. The standard InChI is InChI=1S/C19H29NO4S2/c1-14(2)15-8-10-17(11-9-15)26(23,24)19-13-25(21,22)12-18(19)20-16-6-4-3-5-7-16/h8-11,14,16,18-20H,3-7,12-13H2,1-2H3/t18-,19-/m0/s1. The zero-order valence-corrected chi connectivity index (χ0v) is 17.2. The predicted octanol–water partition coefficient (Wildman–Crippen LogP) is 2.67. The summed E-state index contributed by atoms with van der Waals surface area (Å²) in [5.41, 5.74) is 1.07. The molecule has 1 heterocycles. The van der Waals surface area contributed by atoms with Crippen LogP contribution in [0.3, 0.4) is 0 Å². The lowest BCUT2D eigenvalue weighted by Crippen LogP contribution is -2.48. The van der Waals surface area contributed by atoms with Gasteiger partial charge in [0.1, 0.15) is 0 Å². The van der Waals surface area contributed by atoms with Crippen LogP contribution in [0.1, 0.15) is 57.4 Å². The second kappa shape index (κ2) is 7.60. The predicted molar refractivity (Wildman–Crippen MR) is 104 cm³/mol. The van der Waals surface area contributed by atoms with Gasteiger partial charge in [-0.3, -0.25) is 0 Å². The van der Waals surface area contributed by atoms with E-state index < -0.39 is 31.0 Å². The molecule has 3 rings (SSSR count). The summed E-state index contributed by atoms with van der Waals surface area (Å²) in [6, 6.07) is 6.59. The molecule has 1 aliphatic carbocycles. The first-order valence-corrected chi connectivity index (χ1v) is 12.9. The van der Waals surface area contributed by atoms with E-state index in [0.29, 0.717) is 5.92 Å². The van der Waals surface area contributed by atoms with Crippen molar-refractivity contribution in [3.63, 3.8) is 0 Å². The smallest absolute Gasteiger partial charge is 0.183 e. The van der Waals surface area contributed by atoms with E-state index >= 15 is 0 Å². The molecule has 2 atom stereocenters. The van der Waals surface area contributed by atoms with Gasteiger partial charge in [0.15, 0.2) is 19.7 Å². The molecule has 0 amide bonds.